The highest BCUT2D eigenvalue weighted by molar-refractivity contribution is 7.92. The van der Waals surface area contributed by atoms with Crippen LogP contribution in [0.15, 0.2) is 66.1 Å². The zero-order valence-electron chi connectivity index (χ0n) is 12.1. The smallest absolute Gasteiger partial charge is 0.233 e. The minimum atomic E-state index is -3.50. The molecule has 4 nitrogen and oxygen atoms in total. The van der Waals surface area contributed by atoms with Gasteiger partial charge in [-0.2, -0.15) is 0 Å². The van der Waals surface area contributed by atoms with Crippen LogP contribution in [0, 0.1) is 0 Å². The van der Waals surface area contributed by atoms with Gasteiger partial charge in [0.15, 0.2) is 0 Å². The van der Waals surface area contributed by atoms with Crippen LogP contribution < -0.4 is 4.72 Å². The van der Waals surface area contributed by atoms with Gasteiger partial charge in [-0.3, -0.25) is 0 Å². The normalized spacial score (nSPS) is 13.3. The Balaban J connectivity index is 1.84. The third-order valence-electron chi connectivity index (χ3n) is 3.14. The van der Waals surface area contributed by atoms with Crippen molar-refractivity contribution >= 4 is 16.1 Å². The van der Waals surface area contributed by atoms with Gasteiger partial charge in [-0.1, -0.05) is 60.7 Å². The molecule has 0 radical (unpaired) electrons. The van der Waals surface area contributed by atoms with Crippen molar-refractivity contribution in [3.8, 4) is 0 Å². The Morgan fingerprint density at radius 1 is 1.00 bits per heavy atom. The molecule has 0 amide bonds. The lowest BCUT2D eigenvalue weighted by Gasteiger charge is -2.10. The van der Waals surface area contributed by atoms with Crippen LogP contribution in [0.1, 0.15) is 23.7 Å². The second-order valence-electron chi connectivity index (χ2n) is 4.87. The summed E-state index contributed by atoms with van der Waals surface area (Å²) in [6.07, 6.45) is 1.18. The monoisotopic (exact) mass is 317 g/mol. The summed E-state index contributed by atoms with van der Waals surface area (Å²) >= 11 is 0. The summed E-state index contributed by atoms with van der Waals surface area (Å²) in [6, 6.07) is 18.4. The highest BCUT2D eigenvalue weighted by Crippen LogP contribution is 2.15. The lowest BCUT2D eigenvalue weighted by Crippen LogP contribution is -2.23. The summed E-state index contributed by atoms with van der Waals surface area (Å²) in [5, 5.41) is 11.1. The molecule has 0 saturated heterocycles. The lowest BCUT2D eigenvalue weighted by atomic mass is 10.1. The SMILES string of the molecule is O=S(=O)(/C=C/c1ccccc1)NCCC(O)c1ccccc1. The van der Waals surface area contributed by atoms with E-state index >= 15 is 0 Å². The molecule has 0 aliphatic heterocycles. The van der Waals surface area contributed by atoms with Gasteiger partial charge in [0.1, 0.15) is 0 Å². The first-order valence-corrected chi connectivity index (χ1v) is 8.57. The Morgan fingerprint density at radius 2 is 1.59 bits per heavy atom. The molecule has 0 fully saturated rings. The molecule has 5 heteroatoms. The van der Waals surface area contributed by atoms with Crippen molar-refractivity contribution < 1.29 is 13.5 Å². The topological polar surface area (TPSA) is 66.4 Å². The molecule has 1 unspecified atom stereocenters. The molecule has 22 heavy (non-hydrogen) atoms. The van der Waals surface area contributed by atoms with E-state index in [4.69, 9.17) is 0 Å². The van der Waals surface area contributed by atoms with Crippen LogP contribution in [0.4, 0.5) is 0 Å². The van der Waals surface area contributed by atoms with Crippen LogP contribution in [0.2, 0.25) is 0 Å². The molecule has 1 atom stereocenters. The fourth-order valence-corrected chi connectivity index (χ4v) is 2.80. The zero-order chi connectivity index (χ0) is 15.8. The molecule has 0 aliphatic carbocycles. The van der Waals surface area contributed by atoms with Gasteiger partial charge in [-0.25, -0.2) is 13.1 Å². The molecule has 0 spiro atoms. The molecule has 116 valence electrons. The van der Waals surface area contributed by atoms with Gasteiger partial charge in [-0.05, 0) is 23.6 Å². The van der Waals surface area contributed by atoms with Crippen molar-refractivity contribution in [2.45, 2.75) is 12.5 Å². The van der Waals surface area contributed by atoms with Crippen LogP contribution >= 0.6 is 0 Å². The molecular formula is C17H19NO3S. The van der Waals surface area contributed by atoms with Crippen LogP contribution in [0.3, 0.4) is 0 Å². The van der Waals surface area contributed by atoms with Gasteiger partial charge in [0.2, 0.25) is 10.0 Å². The maximum atomic E-state index is 11.8. The fraction of sp³-hybridized carbons (Fsp3) is 0.176. The number of sulfonamides is 1. The minimum Gasteiger partial charge on any atom is -0.388 e. The van der Waals surface area contributed by atoms with E-state index in [1.807, 2.05) is 60.7 Å². The summed E-state index contributed by atoms with van der Waals surface area (Å²) in [5.41, 5.74) is 1.60. The summed E-state index contributed by atoms with van der Waals surface area (Å²) in [5.74, 6) is 0. The van der Waals surface area contributed by atoms with Crippen molar-refractivity contribution in [1.29, 1.82) is 0 Å². The quantitative estimate of drug-likeness (QED) is 0.825. The van der Waals surface area contributed by atoms with E-state index in [1.165, 1.54) is 6.08 Å². The Labute approximate surface area is 131 Å². The third-order valence-corrected chi connectivity index (χ3v) is 4.25. The molecule has 0 heterocycles. The van der Waals surface area contributed by atoms with Crippen molar-refractivity contribution in [3.05, 3.63) is 77.2 Å². The lowest BCUT2D eigenvalue weighted by molar-refractivity contribution is 0.169. The average molecular weight is 317 g/mol. The number of benzene rings is 2. The standard InChI is InChI=1S/C17H19NO3S/c19-17(16-9-5-2-6-10-16)11-13-18-22(20,21)14-12-15-7-3-1-4-8-15/h1-10,12,14,17-19H,11,13H2/b14-12+. The predicted octanol–water partition coefficient (Wildman–Crippen LogP) is 2.70. The highest BCUT2D eigenvalue weighted by atomic mass is 32.2. The van der Waals surface area contributed by atoms with Crippen molar-refractivity contribution in [2.24, 2.45) is 0 Å². The summed E-state index contributed by atoms with van der Waals surface area (Å²) in [7, 11) is -3.50. The van der Waals surface area contributed by atoms with Crippen molar-refractivity contribution in [3.63, 3.8) is 0 Å². The van der Waals surface area contributed by atoms with Crippen LogP contribution in [-0.2, 0) is 10.0 Å². The average Bonchev–Trinajstić information content (AvgIpc) is 2.55. The van der Waals surface area contributed by atoms with E-state index in [0.717, 1.165) is 16.5 Å². The van der Waals surface area contributed by atoms with E-state index in [1.54, 1.807) is 0 Å². The van der Waals surface area contributed by atoms with E-state index < -0.39 is 16.1 Å². The maximum absolute atomic E-state index is 11.8. The molecule has 0 aromatic heterocycles. The molecule has 0 saturated carbocycles. The largest absolute Gasteiger partial charge is 0.388 e. The van der Waals surface area contributed by atoms with E-state index in [2.05, 4.69) is 4.72 Å². The van der Waals surface area contributed by atoms with Crippen molar-refractivity contribution in [2.75, 3.05) is 6.54 Å². The second-order valence-corrected chi connectivity index (χ2v) is 6.52. The Bertz CT molecular complexity index is 697. The van der Waals surface area contributed by atoms with Gasteiger partial charge in [0.25, 0.3) is 0 Å². The minimum absolute atomic E-state index is 0.178. The van der Waals surface area contributed by atoms with E-state index in [9.17, 15) is 13.5 Å². The highest BCUT2D eigenvalue weighted by Gasteiger charge is 2.09. The number of aliphatic hydroxyl groups excluding tert-OH is 1. The first-order chi connectivity index (χ1) is 10.6. The van der Waals surface area contributed by atoms with Crippen LogP contribution in [-0.4, -0.2) is 20.1 Å². The van der Waals surface area contributed by atoms with Gasteiger partial charge in [0.05, 0.1) is 6.10 Å². The third kappa shape index (κ3) is 5.44. The van der Waals surface area contributed by atoms with Gasteiger partial charge in [0, 0.05) is 12.0 Å². The van der Waals surface area contributed by atoms with E-state index in [0.29, 0.717) is 6.42 Å². The molecule has 2 aromatic carbocycles. The number of hydrogen-bond acceptors (Lipinski definition) is 3. The molecule has 0 aliphatic rings. The molecule has 2 N–H and O–H groups in total. The predicted molar refractivity (Wildman–Crippen MR) is 88.4 cm³/mol. The number of rotatable bonds is 7. The van der Waals surface area contributed by atoms with Crippen molar-refractivity contribution in [1.82, 2.24) is 4.72 Å². The second kappa shape index (κ2) is 7.89. The Hall–Kier alpha value is -1.95. The maximum Gasteiger partial charge on any atom is 0.233 e. The zero-order valence-corrected chi connectivity index (χ0v) is 12.9. The van der Waals surface area contributed by atoms with Gasteiger partial charge < -0.3 is 5.11 Å². The Morgan fingerprint density at radius 3 is 2.23 bits per heavy atom. The first kappa shape index (κ1) is 16.4. The van der Waals surface area contributed by atoms with Crippen LogP contribution in [0.25, 0.3) is 6.08 Å². The molecule has 0 bridgehead atoms. The van der Waals surface area contributed by atoms with Crippen LogP contribution in [0.5, 0.6) is 0 Å². The number of hydrogen-bond donors (Lipinski definition) is 2. The fourth-order valence-electron chi connectivity index (χ4n) is 1.96. The molecular weight excluding hydrogens is 298 g/mol. The summed E-state index contributed by atoms with van der Waals surface area (Å²) in [6.45, 7) is 0.178. The van der Waals surface area contributed by atoms with Gasteiger partial charge >= 0.3 is 0 Å². The first-order valence-electron chi connectivity index (χ1n) is 7.03. The molecule has 2 rings (SSSR count). The summed E-state index contributed by atoms with van der Waals surface area (Å²) < 4.78 is 26.1. The number of aliphatic hydroxyl groups is 1. The number of nitrogens with one attached hydrogen (secondary N) is 1. The Kier molecular flexibility index (Phi) is 5.89. The molecule has 2 aromatic rings. The van der Waals surface area contributed by atoms with E-state index in [-0.39, 0.29) is 6.54 Å². The van der Waals surface area contributed by atoms with Gasteiger partial charge in [-0.15, -0.1) is 0 Å². The summed E-state index contributed by atoms with van der Waals surface area (Å²) in [4.78, 5) is 0.